The average molecular weight is 283 g/mol. The third-order valence-electron chi connectivity index (χ3n) is 3.17. The molecule has 1 N–H and O–H groups in total. The monoisotopic (exact) mass is 283 g/mol. The van der Waals surface area contributed by atoms with Crippen molar-refractivity contribution in [1.82, 2.24) is 0 Å². The van der Waals surface area contributed by atoms with Crippen molar-refractivity contribution in [3.05, 3.63) is 54.6 Å². The van der Waals surface area contributed by atoms with Gasteiger partial charge in [0.25, 0.3) is 0 Å². The summed E-state index contributed by atoms with van der Waals surface area (Å²) in [6.07, 6.45) is 0. The minimum absolute atomic E-state index is 0.251. The molecule has 0 bridgehead atoms. The highest BCUT2D eigenvalue weighted by Gasteiger charge is 2.26. The van der Waals surface area contributed by atoms with Crippen LogP contribution in [0.1, 0.15) is 13.8 Å². The third-order valence-corrected chi connectivity index (χ3v) is 3.17. The van der Waals surface area contributed by atoms with Gasteiger partial charge in [-0.3, -0.25) is 9.69 Å². The van der Waals surface area contributed by atoms with Crippen molar-refractivity contribution in [2.24, 2.45) is 0 Å². The number of amides is 1. The number of benzene rings is 2. The van der Waals surface area contributed by atoms with Crippen LogP contribution in [-0.4, -0.2) is 23.0 Å². The lowest BCUT2D eigenvalue weighted by molar-refractivity contribution is -0.149. The molecule has 21 heavy (non-hydrogen) atoms. The van der Waals surface area contributed by atoms with Gasteiger partial charge in [0.2, 0.25) is 0 Å². The van der Waals surface area contributed by atoms with Gasteiger partial charge in [-0.2, -0.15) is 0 Å². The maximum Gasteiger partial charge on any atom is 0.394 e. The van der Waals surface area contributed by atoms with Gasteiger partial charge in [0.05, 0.1) is 5.69 Å². The fourth-order valence-electron chi connectivity index (χ4n) is 2.27. The second-order valence-electron chi connectivity index (χ2n) is 4.96. The number of rotatable bonds is 3. The van der Waals surface area contributed by atoms with Gasteiger partial charge in [-0.25, -0.2) is 4.79 Å². The van der Waals surface area contributed by atoms with Crippen molar-refractivity contribution in [2.75, 3.05) is 4.90 Å². The van der Waals surface area contributed by atoms with E-state index in [1.165, 1.54) is 4.90 Å². The SMILES string of the molecule is CC(C)N(C(=O)C(=O)O)c1ccccc1-c1ccccc1. The van der Waals surface area contributed by atoms with Crippen LogP contribution in [0.25, 0.3) is 11.1 Å². The van der Waals surface area contributed by atoms with Crippen LogP contribution in [0.5, 0.6) is 0 Å². The lowest BCUT2D eigenvalue weighted by Crippen LogP contribution is -2.41. The minimum Gasteiger partial charge on any atom is -0.474 e. The second-order valence-corrected chi connectivity index (χ2v) is 4.96. The molecule has 0 aromatic heterocycles. The van der Waals surface area contributed by atoms with E-state index in [4.69, 9.17) is 5.11 Å². The molecule has 0 unspecified atom stereocenters. The van der Waals surface area contributed by atoms with E-state index in [0.717, 1.165) is 11.1 Å². The predicted octanol–water partition coefficient (Wildman–Crippen LogP) is 3.18. The number of hydrogen-bond acceptors (Lipinski definition) is 2. The zero-order valence-electron chi connectivity index (χ0n) is 12.0. The molecule has 0 atom stereocenters. The van der Waals surface area contributed by atoms with E-state index in [2.05, 4.69) is 0 Å². The summed E-state index contributed by atoms with van der Waals surface area (Å²) in [5.74, 6) is -2.38. The Morgan fingerprint density at radius 1 is 0.952 bits per heavy atom. The summed E-state index contributed by atoms with van der Waals surface area (Å²) < 4.78 is 0. The van der Waals surface area contributed by atoms with E-state index in [1.807, 2.05) is 42.5 Å². The highest BCUT2D eigenvalue weighted by Crippen LogP contribution is 2.31. The first-order valence-electron chi connectivity index (χ1n) is 6.73. The van der Waals surface area contributed by atoms with Crippen molar-refractivity contribution in [3.8, 4) is 11.1 Å². The molecule has 2 aromatic rings. The number of carbonyl (C=O) groups is 2. The van der Waals surface area contributed by atoms with Crippen molar-refractivity contribution in [3.63, 3.8) is 0 Å². The van der Waals surface area contributed by atoms with E-state index < -0.39 is 11.9 Å². The molecule has 0 heterocycles. The molecular formula is C17H17NO3. The van der Waals surface area contributed by atoms with E-state index in [1.54, 1.807) is 26.0 Å². The summed E-state index contributed by atoms with van der Waals surface area (Å²) in [4.78, 5) is 24.4. The van der Waals surface area contributed by atoms with Gasteiger partial charge < -0.3 is 5.11 Å². The van der Waals surface area contributed by atoms with Crippen LogP contribution < -0.4 is 4.90 Å². The third kappa shape index (κ3) is 3.11. The molecule has 4 heteroatoms. The van der Waals surface area contributed by atoms with Crippen molar-refractivity contribution in [1.29, 1.82) is 0 Å². The summed E-state index contributed by atoms with van der Waals surface area (Å²) in [6.45, 7) is 3.59. The number of carboxylic acids is 1. The van der Waals surface area contributed by atoms with Crippen molar-refractivity contribution < 1.29 is 14.7 Å². The molecule has 0 aliphatic carbocycles. The number of para-hydroxylation sites is 1. The molecule has 0 saturated heterocycles. The quantitative estimate of drug-likeness (QED) is 0.880. The average Bonchev–Trinajstić information content (AvgIpc) is 2.48. The molecule has 4 nitrogen and oxygen atoms in total. The fourth-order valence-corrected chi connectivity index (χ4v) is 2.27. The van der Waals surface area contributed by atoms with Crippen LogP contribution in [0.3, 0.4) is 0 Å². The number of carbonyl (C=O) groups excluding carboxylic acids is 1. The maximum absolute atomic E-state index is 12.0. The van der Waals surface area contributed by atoms with Crippen molar-refractivity contribution in [2.45, 2.75) is 19.9 Å². The Bertz CT molecular complexity index is 650. The molecule has 2 aromatic carbocycles. The normalized spacial score (nSPS) is 10.4. The highest BCUT2D eigenvalue weighted by molar-refractivity contribution is 6.37. The summed E-state index contributed by atoms with van der Waals surface area (Å²) >= 11 is 0. The Morgan fingerprint density at radius 3 is 2.10 bits per heavy atom. The van der Waals surface area contributed by atoms with Crippen LogP contribution in [-0.2, 0) is 9.59 Å². The zero-order valence-corrected chi connectivity index (χ0v) is 12.0. The Balaban J connectivity index is 2.57. The second kappa shape index (κ2) is 6.22. The molecule has 0 aliphatic rings. The number of anilines is 1. The molecule has 0 saturated carbocycles. The van der Waals surface area contributed by atoms with E-state index in [9.17, 15) is 9.59 Å². The zero-order chi connectivity index (χ0) is 15.4. The van der Waals surface area contributed by atoms with E-state index in [-0.39, 0.29) is 6.04 Å². The smallest absolute Gasteiger partial charge is 0.394 e. The highest BCUT2D eigenvalue weighted by atomic mass is 16.4. The lowest BCUT2D eigenvalue weighted by Gasteiger charge is -2.27. The molecule has 0 radical (unpaired) electrons. The Hall–Kier alpha value is -2.62. The molecular weight excluding hydrogens is 266 g/mol. The Kier molecular flexibility index (Phi) is 4.38. The molecule has 0 fully saturated rings. The van der Waals surface area contributed by atoms with Gasteiger partial charge in [0.1, 0.15) is 0 Å². The van der Waals surface area contributed by atoms with E-state index in [0.29, 0.717) is 5.69 Å². The summed E-state index contributed by atoms with van der Waals surface area (Å²) in [5.41, 5.74) is 2.38. The first-order valence-corrected chi connectivity index (χ1v) is 6.73. The Morgan fingerprint density at radius 2 is 1.52 bits per heavy atom. The van der Waals surface area contributed by atoms with Crippen molar-refractivity contribution >= 4 is 17.6 Å². The van der Waals surface area contributed by atoms with Gasteiger partial charge in [-0.15, -0.1) is 0 Å². The lowest BCUT2D eigenvalue weighted by atomic mass is 10.0. The standard InChI is InChI=1S/C17H17NO3/c1-12(2)18(16(19)17(20)21)15-11-7-6-10-14(15)13-8-4-3-5-9-13/h3-12H,1-2H3,(H,20,21). The van der Waals surface area contributed by atoms with E-state index >= 15 is 0 Å². The first kappa shape index (κ1) is 14.8. The molecule has 1 amide bonds. The summed E-state index contributed by atoms with van der Waals surface area (Å²) in [5, 5.41) is 9.03. The largest absolute Gasteiger partial charge is 0.474 e. The Labute approximate surface area is 123 Å². The molecule has 2 rings (SSSR count). The van der Waals surface area contributed by atoms with Gasteiger partial charge in [0, 0.05) is 11.6 Å². The van der Waals surface area contributed by atoms with Crippen LogP contribution in [0, 0.1) is 0 Å². The molecule has 0 aliphatic heterocycles. The van der Waals surface area contributed by atoms with Gasteiger partial charge in [0.15, 0.2) is 0 Å². The number of aliphatic carboxylic acids is 1. The minimum atomic E-state index is -1.45. The number of nitrogens with zero attached hydrogens (tertiary/aromatic N) is 1. The van der Waals surface area contributed by atoms with Gasteiger partial charge in [-0.1, -0.05) is 48.5 Å². The summed E-state index contributed by atoms with van der Waals surface area (Å²) in [6, 6.07) is 16.7. The fraction of sp³-hybridized carbons (Fsp3) is 0.176. The maximum atomic E-state index is 12.0. The number of hydrogen-bond donors (Lipinski definition) is 1. The number of carboxylic acid groups (broad SMARTS) is 1. The first-order chi connectivity index (χ1) is 10.0. The molecule has 108 valence electrons. The topological polar surface area (TPSA) is 57.6 Å². The van der Waals surface area contributed by atoms with Crippen LogP contribution in [0.2, 0.25) is 0 Å². The molecule has 0 spiro atoms. The van der Waals surface area contributed by atoms with Crippen LogP contribution >= 0.6 is 0 Å². The van der Waals surface area contributed by atoms with Crippen LogP contribution in [0.4, 0.5) is 5.69 Å². The van der Waals surface area contributed by atoms with Gasteiger partial charge in [-0.05, 0) is 25.5 Å². The predicted molar refractivity (Wildman–Crippen MR) is 82.1 cm³/mol. The summed E-state index contributed by atoms with van der Waals surface area (Å²) in [7, 11) is 0. The van der Waals surface area contributed by atoms with Gasteiger partial charge >= 0.3 is 11.9 Å². The van der Waals surface area contributed by atoms with Crippen LogP contribution in [0.15, 0.2) is 54.6 Å².